The van der Waals surface area contributed by atoms with Gasteiger partial charge in [0.25, 0.3) is 0 Å². The van der Waals surface area contributed by atoms with Gasteiger partial charge in [0, 0.05) is 26.3 Å². The van der Waals surface area contributed by atoms with E-state index in [0.29, 0.717) is 6.54 Å². The van der Waals surface area contributed by atoms with Crippen molar-refractivity contribution in [2.75, 3.05) is 28.4 Å². The lowest BCUT2D eigenvalue weighted by atomic mass is 10.1. The minimum Gasteiger partial charge on any atom is -0.497 e. The highest BCUT2D eigenvalue weighted by molar-refractivity contribution is 5.40. The average molecular weight is 269 g/mol. The highest BCUT2D eigenvalue weighted by atomic mass is 16.7. The Morgan fingerprint density at radius 1 is 1.05 bits per heavy atom. The molecule has 5 nitrogen and oxygen atoms in total. The molecule has 108 valence electrons. The molecule has 0 saturated carbocycles. The summed E-state index contributed by atoms with van der Waals surface area (Å²) >= 11 is 0. The molecule has 0 amide bonds. The van der Waals surface area contributed by atoms with E-state index >= 15 is 0 Å². The lowest BCUT2D eigenvalue weighted by Gasteiger charge is -2.22. The summed E-state index contributed by atoms with van der Waals surface area (Å²) < 4.78 is 21.0. The third kappa shape index (κ3) is 4.38. The van der Waals surface area contributed by atoms with Crippen LogP contribution in [0.5, 0.6) is 11.5 Å². The van der Waals surface area contributed by atoms with Crippen LogP contribution >= 0.6 is 0 Å². The summed E-state index contributed by atoms with van der Waals surface area (Å²) in [5, 5.41) is 3.34. The van der Waals surface area contributed by atoms with E-state index in [1.807, 2.05) is 25.1 Å². The molecule has 0 aliphatic rings. The topological polar surface area (TPSA) is 49.0 Å². The summed E-state index contributed by atoms with van der Waals surface area (Å²) in [6.07, 6.45) is -0.281. The van der Waals surface area contributed by atoms with Crippen LogP contribution < -0.4 is 14.8 Å². The van der Waals surface area contributed by atoms with Gasteiger partial charge in [0.2, 0.25) is 0 Å². The minimum atomic E-state index is -0.281. The van der Waals surface area contributed by atoms with Crippen molar-refractivity contribution in [1.82, 2.24) is 5.32 Å². The average Bonchev–Trinajstić information content (AvgIpc) is 2.45. The van der Waals surface area contributed by atoms with Gasteiger partial charge in [0.1, 0.15) is 11.5 Å². The first-order valence-corrected chi connectivity index (χ1v) is 6.16. The third-order valence-corrected chi connectivity index (χ3v) is 2.97. The van der Waals surface area contributed by atoms with E-state index in [4.69, 9.17) is 18.9 Å². The Morgan fingerprint density at radius 3 is 2.26 bits per heavy atom. The van der Waals surface area contributed by atoms with Crippen LogP contribution in [0.4, 0.5) is 0 Å². The van der Waals surface area contributed by atoms with E-state index in [0.717, 1.165) is 17.1 Å². The van der Waals surface area contributed by atoms with Crippen molar-refractivity contribution in [1.29, 1.82) is 0 Å². The summed E-state index contributed by atoms with van der Waals surface area (Å²) in [6.45, 7) is 2.65. The first-order chi connectivity index (χ1) is 9.15. The van der Waals surface area contributed by atoms with Gasteiger partial charge >= 0.3 is 0 Å². The molecule has 0 fully saturated rings. The van der Waals surface area contributed by atoms with E-state index in [1.54, 1.807) is 28.4 Å². The van der Waals surface area contributed by atoms with Gasteiger partial charge in [-0.3, -0.25) is 0 Å². The zero-order chi connectivity index (χ0) is 14.3. The van der Waals surface area contributed by atoms with Crippen molar-refractivity contribution in [3.8, 4) is 11.5 Å². The van der Waals surface area contributed by atoms with E-state index in [2.05, 4.69) is 5.32 Å². The zero-order valence-electron chi connectivity index (χ0n) is 12.2. The van der Waals surface area contributed by atoms with Crippen LogP contribution in [-0.2, 0) is 16.0 Å². The first-order valence-electron chi connectivity index (χ1n) is 6.16. The van der Waals surface area contributed by atoms with E-state index in [-0.39, 0.29) is 12.3 Å². The number of nitrogens with one attached hydrogen (secondary N) is 1. The second-order valence-electron chi connectivity index (χ2n) is 4.19. The maximum absolute atomic E-state index is 5.33. The van der Waals surface area contributed by atoms with Gasteiger partial charge in [-0.1, -0.05) is 0 Å². The first kappa shape index (κ1) is 15.8. The van der Waals surface area contributed by atoms with Gasteiger partial charge in [-0.25, -0.2) is 0 Å². The molecule has 1 aromatic rings. The van der Waals surface area contributed by atoms with Gasteiger partial charge in [-0.2, -0.15) is 0 Å². The molecule has 1 aromatic carbocycles. The van der Waals surface area contributed by atoms with Crippen molar-refractivity contribution in [2.45, 2.75) is 25.8 Å². The van der Waals surface area contributed by atoms with Crippen LogP contribution in [0.3, 0.4) is 0 Å². The van der Waals surface area contributed by atoms with Crippen LogP contribution in [0.25, 0.3) is 0 Å². The molecule has 1 N–H and O–H groups in total. The molecule has 1 unspecified atom stereocenters. The Morgan fingerprint density at radius 2 is 1.74 bits per heavy atom. The molecule has 0 radical (unpaired) electrons. The summed E-state index contributed by atoms with van der Waals surface area (Å²) in [7, 11) is 6.55. The lowest BCUT2D eigenvalue weighted by Crippen LogP contribution is -2.39. The van der Waals surface area contributed by atoms with Gasteiger partial charge < -0.3 is 24.3 Å². The summed E-state index contributed by atoms with van der Waals surface area (Å²) in [4.78, 5) is 0. The molecule has 0 heterocycles. The molecule has 0 aliphatic carbocycles. The van der Waals surface area contributed by atoms with E-state index in [1.165, 1.54) is 0 Å². The van der Waals surface area contributed by atoms with Crippen molar-refractivity contribution in [2.24, 2.45) is 0 Å². The summed E-state index contributed by atoms with van der Waals surface area (Å²) in [6, 6.07) is 5.78. The molecule has 0 aromatic heterocycles. The third-order valence-electron chi connectivity index (χ3n) is 2.97. The monoisotopic (exact) mass is 269 g/mol. The minimum absolute atomic E-state index is 0.0610. The van der Waals surface area contributed by atoms with E-state index < -0.39 is 0 Å². The number of hydrogen-bond acceptors (Lipinski definition) is 5. The zero-order valence-corrected chi connectivity index (χ0v) is 12.2. The normalized spacial score (nSPS) is 12.5. The molecule has 0 saturated heterocycles. The second kappa shape index (κ2) is 7.99. The fourth-order valence-corrected chi connectivity index (χ4v) is 1.89. The molecule has 0 bridgehead atoms. The van der Waals surface area contributed by atoms with Crippen LogP contribution in [0, 0.1) is 0 Å². The largest absolute Gasteiger partial charge is 0.497 e. The maximum atomic E-state index is 5.33. The van der Waals surface area contributed by atoms with Crippen molar-refractivity contribution in [3.05, 3.63) is 23.8 Å². The van der Waals surface area contributed by atoms with Crippen LogP contribution in [0.2, 0.25) is 0 Å². The Kier molecular flexibility index (Phi) is 6.62. The molecule has 1 atom stereocenters. The Bertz CT molecular complexity index is 380. The fraction of sp³-hybridized carbons (Fsp3) is 0.571. The van der Waals surface area contributed by atoms with Gasteiger partial charge in [0.15, 0.2) is 6.29 Å². The smallest absolute Gasteiger partial charge is 0.171 e. The molecular weight excluding hydrogens is 246 g/mol. The molecule has 5 heteroatoms. The van der Waals surface area contributed by atoms with Gasteiger partial charge in [-0.15, -0.1) is 0 Å². The highest BCUT2D eigenvalue weighted by Crippen LogP contribution is 2.23. The quantitative estimate of drug-likeness (QED) is 0.729. The van der Waals surface area contributed by atoms with Gasteiger partial charge in [0.05, 0.1) is 20.3 Å². The predicted molar refractivity (Wildman–Crippen MR) is 73.7 cm³/mol. The summed E-state index contributed by atoms with van der Waals surface area (Å²) in [5.41, 5.74) is 1.03. The Balaban J connectivity index is 2.70. The molecule has 0 aliphatic heterocycles. The van der Waals surface area contributed by atoms with Crippen molar-refractivity contribution < 1.29 is 18.9 Å². The standard InChI is InChI=1S/C14H23NO4/c1-10(14(18-4)19-5)15-9-11-8-12(16-2)6-7-13(11)17-3/h6-8,10,14-15H,9H2,1-5H3. The second-order valence-corrected chi connectivity index (χ2v) is 4.19. The SMILES string of the molecule is COc1ccc(OC)c(CNC(C)C(OC)OC)c1. The fourth-order valence-electron chi connectivity index (χ4n) is 1.89. The van der Waals surface area contributed by atoms with Crippen molar-refractivity contribution in [3.63, 3.8) is 0 Å². The number of rotatable bonds is 8. The molecule has 19 heavy (non-hydrogen) atoms. The van der Waals surface area contributed by atoms with E-state index in [9.17, 15) is 0 Å². The molecule has 1 rings (SSSR count). The van der Waals surface area contributed by atoms with Crippen LogP contribution in [0.15, 0.2) is 18.2 Å². The van der Waals surface area contributed by atoms with Crippen molar-refractivity contribution >= 4 is 0 Å². The maximum Gasteiger partial charge on any atom is 0.171 e. The number of hydrogen-bond donors (Lipinski definition) is 1. The van der Waals surface area contributed by atoms with Crippen LogP contribution in [-0.4, -0.2) is 40.8 Å². The molecule has 0 spiro atoms. The van der Waals surface area contributed by atoms with Crippen LogP contribution in [0.1, 0.15) is 12.5 Å². The van der Waals surface area contributed by atoms with Gasteiger partial charge in [-0.05, 0) is 25.1 Å². The predicted octanol–water partition coefficient (Wildman–Crippen LogP) is 1.80. The molecular formula is C14H23NO4. The Hall–Kier alpha value is -1.30. The number of methoxy groups -OCH3 is 4. The Labute approximate surface area is 114 Å². The number of benzene rings is 1. The number of ether oxygens (including phenoxy) is 4. The summed E-state index contributed by atoms with van der Waals surface area (Å²) in [5.74, 6) is 1.63. The lowest BCUT2D eigenvalue weighted by molar-refractivity contribution is -0.119. The highest BCUT2D eigenvalue weighted by Gasteiger charge is 2.15.